The number of hydrogen-bond donors (Lipinski definition) is 1. The Labute approximate surface area is 290 Å². The van der Waals surface area contributed by atoms with Gasteiger partial charge in [-0.05, 0) is 84.9 Å². The highest BCUT2D eigenvalue weighted by atomic mass is 16.6. The van der Waals surface area contributed by atoms with Crippen LogP contribution in [0.25, 0.3) is 0 Å². The smallest absolute Gasteiger partial charge is 0.343 e. The fraction of sp³-hybridized carbons (Fsp3) is 0.238. The highest BCUT2D eigenvalue weighted by Gasteiger charge is 2.73. The average molecular weight is 669 g/mol. The van der Waals surface area contributed by atoms with E-state index >= 15 is 0 Å². The number of para-hydroxylation sites is 3. The van der Waals surface area contributed by atoms with Crippen LogP contribution in [0.1, 0.15) is 59.2 Å². The zero-order valence-electron chi connectivity index (χ0n) is 27.3. The van der Waals surface area contributed by atoms with Crippen molar-refractivity contribution in [2.24, 2.45) is 0 Å². The Balaban J connectivity index is 1.16. The average Bonchev–Trinajstić information content (AvgIpc) is 3.09. The number of esters is 1. The first kappa shape index (κ1) is 31.5. The Morgan fingerprint density at radius 3 is 1.04 bits per heavy atom. The van der Waals surface area contributed by atoms with Crippen molar-refractivity contribution in [1.82, 2.24) is 0 Å². The molecule has 5 aromatic rings. The number of hydrogen-bond acceptors (Lipinski definition) is 7. The minimum atomic E-state index is -0.997. The van der Waals surface area contributed by atoms with E-state index in [2.05, 4.69) is 0 Å². The number of benzene rings is 5. The van der Waals surface area contributed by atoms with Crippen LogP contribution in [-0.2, 0) is 0 Å². The Bertz CT molecular complexity index is 1920. The molecular formula is C42H36O8. The minimum absolute atomic E-state index is 0.187. The van der Waals surface area contributed by atoms with Crippen molar-refractivity contribution in [3.63, 3.8) is 0 Å². The van der Waals surface area contributed by atoms with E-state index in [-0.39, 0.29) is 5.56 Å². The normalized spacial score (nSPS) is 26.1. The van der Waals surface area contributed by atoms with Crippen LogP contribution in [0, 0.1) is 0 Å². The zero-order valence-corrected chi connectivity index (χ0v) is 27.3. The van der Waals surface area contributed by atoms with Crippen LogP contribution in [0.5, 0.6) is 28.7 Å². The molecule has 4 aliphatic rings. The Kier molecular flexibility index (Phi) is 7.74. The number of aromatic carboxylic acids is 1. The first-order valence-corrected chi connectivity index (χ1v) is 16.8. The van der Waals surface area contributed by atoms with Crippen molar-refractivity contribution in [2.45, 2.75) is 60.9 Å². The summed E-state index contributed by atoms with van der Waals surface area (Å²) < 4.78 is 33.5. The third-order valence-electron chi connectivity index (χ3n) is 9.83. The molecule has 0 aromatic heterocycles. The van der Waals surface area contributed by atoms with Crippen molar-refractivity contribution in [2.75, 3.05) is 0 Å². The van der Waals surface area contributed by atoms with Gasteiger partial charge >= 0.3 is 11.9 Å². The molecule has 0 amide bonds. The van der Waals surface area contributed by atoms with E-state index in [9.17, 15) is 14.7 Å². The van der Waals surface area contributed by atoms with E-state index in [0.29, 0.717) is 61.3 Å². The Morgan fingerprint density at radius 2 is 0.700 bits per heavy atom. The van der Waals surface area contributed by atoms with Gasteiger partial charge in [0.05, 0.1) is 11.1 Å². The molecule has 0 spiro atoms. The van der Waals surface area contributed by atoms with Crippen molar-refractivity contribution in [3.8, 4) is 28.7 Å². The standard InChI is InChI=1S/C42H36O8/c43-37(44)30-16-20-35(21-17-30)49-41-25-39(47-33-12-6-2-7-13-33)24-40(26-41,48-34-14-8-3-9-15-34)28-42(27-39,29-41)50-36-22-18-31(19-23-36)38(45)46-32-10-4-1-5-11-32/h1-23H,24-29H2,(H,43,44). The third-order valence-corrected chi connectivity index (χ3v) is 9.83. The lowest BCUT2D eigenvalue weighted by atomic mass is 9.48. The molecule has 4 saturated carbocycles. The molecular weight excluding hydrogens is 632 g/mol. The largest absolute Gasteiger partial charge is 0.487 e. The van der Waals surface area contributed by atoms with Crippen LogP contribution in [0.3, 0.4) is 0 Å². The van der Waals surface area contributed by atoms with Gasteiger partial charge in [-0.3, -0.25) is 0 Å². The van der Waals surface area contributed by atoms with E-state index in [1.807, 2.05) is 78.9 Å². The first-order chi connectivity index (χ1) is 24.2. The fourth-order valence-corrected chi connectivity index (χ4v) is 8.66. The van der Waals surface area contributed by atoms with Crippen molar-refractivity contribution in [3.05, 3.63) is 151 Å². The topological polar surface area (TPSA) is 101 Å². The molecule has 4 bridgehead atoms. The van der Waals surface area contributed by atoms with E-state index in [4.69, 9.17) is 23.7 Å². The molecule has 2 atom stereocenters. The summed E-state index contributed by atoms with van der Waals surface area (Å²) in [4.78, 5) is 24.5. The lowest BCUT2D eigenvalue weighted by molar-refractivity contribution is -0.270. The van der Waals surface area contributed by atoms with Gasteiger partial charge in [-0.1, -0.05) is 54.6 Å². The predicted octanol–water partition coefficient (Wildman–Crippen LogP) is 8.56. The molecule has 2 unspecified atom stereocenters. The van der Waals surface area contributed by atoms with Crippen LogP contribution >= 0.6 is 0 Å². The predicted molar refractivity (Wildman–Crippen MR) is 185 cm³/mol. The van der Waals surface area contributed by atoms with Gasteiger partial charge < -0.3 is 28.8 Å². The molecule has 4 aliphatic carbocycles. The second-order valence-electron chi connectivity index (χ2n) is 13.9. The maximum Gasteiger partial charge on any atom is 0.343 e. The first-order valence-electron chi connectivity index (χ1n) is 16.8. The van der Waals surface area contributed by atoms with Crippen molar-refractivity contribution in [1.29, 1.82) is 0 Å². The SMILES string of the molecule is O=C(O)c1ccc(OC23CC4(Oc5ccccc5)CC(Oc5ccccc5)(C2)CC(Oc2ccc(C(=O)Oc5ccccc5)cc2)(C4)C3)cc1. The molecule has 0 radical (unpaired) electrons. The quantitative estimate of drug-likeness (QED) is 0.110. The second-order valence-corrected chi connectivity index (χ2v) is 13.9. The van der Waals surface area contributed by atoms with Gasteiger partial charge in [0.2, 0.25) is 0 Å². The van der Waals surface area contributed by atoms with E-state index in [1.54, 1.807) is 60.7 Å². The maximum atomic E-state index is 12.9. The molecule has 4 fully saturated rings. The molecule has 0 heterocycles. The Morgan fingerprint density at radius 1 is 0.400 bits per heavy atom. The molecule has 0 saturated heterocycles. The summed E-state index contributed by atoms with van der Waals surface area (Å²) in [6, 6.07) is 42.1. The lowest BCUT2D eigenvalue weighted by Crippen LogP contribution is -2.77. The monoisotopic (exact) mass is 668 g/mol. The second kappa shape index (κ2) is 12.3. The van der Waals surface area contributed by atoms with Crippen molar-refractivity contribution >= 4 is 11.9 Å². The van der Waals surface area contributed by atoms with Crippen LogP contribution in [0.4, 0.5) is 0 Å². The molecule has 8 heteroatoms. The van der Waals surface area contributed by atoms with Gasteiger partial charge in [0, 0.05) is 38.5 Å². The molecule has 8 nitrogen and oxygen atoms in total. The van der Waals surface area contributed by atoms with E-state index in [1.165, 1.54) is 0 Å². The third kappa shape index (κ3) is 6.36. The van der Waals surface area contributed by atoms with E-state index in [0.717, 1.165) is 11.5 Å². The summed E-state index contributed by atoms with van der Waals surface area (Å²) in [5, 5.41) is 9.50. The summed E-state index contributed by atoms with van der Waals surface area (Å²) in [5.41, 5.74) is -2.33. The highest BCUT2D eigenvalue weighted by molar-refractivity contribution is 5.91. The molecule has 252 valence electrons. The van der Waals surface area contributed by atoms with Crippen LogP contribution in [0.2, 0.25) is 0 Å². The number of carbonyl (C=O) groups excluding carboxylic acids is 1. The molecule has 9 rings (SSSR count). The van der Waals surface area contributed by atoms with Crippen molar-refractivity contribution < 1.29 is 38.4 Å². The van der Waals surface area contributed by atoms with Crippen LogP contribution in [0.15, 0.2) is 140 Å². The van der Waals surface area contributed by atoms with Crippen LogP contribution < -0.4 is 23.7 Å². The van der Waals surface area contributed by atoms with Gasteiger partial charge in [0.15, 0.2) is 0 Å². The number of carbonyl (C=O) groups is 2. The number of carboxylic acid groups (broad SMARTS) is 1. The molecule has 1 N–H and O–H groups in total. The summed E-state index contributed by atoms with van der Waals surface area (Å²) in [6.07, 6.45) is 3.54. The highest BCUT2D eigenvalue weighted by Crippen LogP contribution is 2.65. The minimum Gasteiger partial charge on any atom is -0.487 e. The van der Waals surface area contributed by atoms with Gasteiger partial charge in [-0.25, -0.2) is 9.59 Å². The van der Waals surface area contributed by atoms with Gasteiger partial charge in [0.25, 0.3) is 0 Å². The summed E-state index contributed by atoms with van der Waals surface area (Å²) >= 11 is 0. The van der Waals surface area contributed by atoms with Gasteiger partial charge in [-0.15, -0.1) is 0 Å². The maximum absolute atomic E-state index is 12.9. The molecule has 5 aromatic carbocycles. The Hall–Kier alpha value is -5.76. The van der Waals surface area contributed by atoms with Crippen LogP contribution in [-0.4, -0.2) is 39.4 Å². The summed E-state index contributed by atoms with van der Waals surface area (Å²) in [7, 11) is 0. The van der Waals surface area contributed by atoms with Gasteiger partial charge in [0.1, 0.15) is 51.2 Å². The molecule has 0 aliphatic heterocycles. The number of carboxylic acids is 1. The van der Waals surface area contributed by atoms with Gasteiger partial charge in [-0.2, -0.15) is 0 Å². The van der Waals surface area contributed by atoms with E-state index < -0.39 is 34.3 Å². The fourth-order valence-electron chi connectivity index (χ4n) is 8.66. The molecule has 50 heavy (non-hydrogen) atoms. The lowest BCUT2D eigenvalue weighted by Gasteiger charge is -2.67. The number of rotatable bonds is 11. The zero-order chi connectivity index (χ0) is 34.2. The summed E-state index contributed by atoms with van der Waals surface area (Å²) in [5.74, 6) is 1.70. The number of ether oxygens (including phenoxy) is 5. The summed E-state index contributed by atoms with van der Waals surface area (Å²) in [6.45, 7) is 0.